The zero-order chi connectivity index (χ0) is 13.5. The number of ether oxygens (including phenoxy) is 1. The number of aryl methyl sites for hydroxylation is 2. The number of hydrogen-bond donors (Lipinski definition) is 0. The largest absolute Gasteiger partial charge is 0.465 e. The first-order chi connectivity index (χ1) is 9.83. The van der Waals surface area contributed by atoms with E-state index in [1.54, 1.807) is 29.4 Å². The summed E-state index contributed by atoms with van der Waals surface area (Å²) < 4.78 is 5.04. The molecular formula is C14H14N2O2S2. The fourth-order valence-electron chi connectivity index (χ4n) is 2.87. The van der Waals surface area contributed by atoms with E-state index in [-0.39, 0.29) is 11.2 Å². The van der Waals surface area contributed by atoms with Gasteiger partial charge in [-0.25, -0.2) is 9.97 Å². The van der Waals surface area contributed by atoms with Crippen LogP contribution in [0.5, 0.6) is 0 Å². The van der Waals surface area contributed by atoms with Gasteiger partial charge in [-0.2, -0.15) is 0 Å². The summed E-state index contributed by atoms with van der Waals surface area (Å²) in [5, 5.41) is 2.04. The number of hydrogen-bond acceptors (Lipinski definition) is 6. The summed E-state index contributed by atoms with van der Waals surface area (Å²) >= 11 is 3.34. The molecule has 0 amide bonds. The minimum absolute atomic E-state index is 0.104. The maximum absolute atomic E-state index is 11.7. The van der Waals surface area contributed by atoms with Crippen molar-refractivity contribution in [2.45, 2.75) is 42.4 Å². The van der Waals surface area contributed by atoms with E-state index in [2.05, 4.69) is 9.97 Å². The third-order valence-electron chi connectivity index (χ3n) is 3.86. The Morgan fingerprint density at radius 3 is 3.05 bits per heavy atom. The lowest BCUT2D eigenvalue weighted by molar-refractivity contribution is -0.137. The number of thiophene rings is 1. The molecule has 0 spiro atoms. The van der Waals surface area contributed by atoms with E-state index in [1.807, 2.05) is 0 Å². The zero-order valence-corrected chi connectivity index (χ0v) is 12.6. The molecule has 0 aromatic carbocycles. The lowest BCUT2D eigenvalue weighted by atomic mass is 9.97. The predicted octanol–water partition coefficient (Wildman–Crippen LogP) is 2.98. The van der Waals surface area contributed by atoms with Gasteiger partial charge >= 0.3 is 5.97 Å². The fraction of sp³-hybridized carbons (Fsp3) is 0.500. The molecule has 2 aromatic rings. The van der Waals surface area contributed by atoms with Gasteiger partial charge in [0, 0.05) is 16.7 Å². The van der Waals surface area contributed by atoms with Crippen molar-refractivity contribution in [1.29, 1.82) is 0 Å². The van der Waals surface area contributed by atoms with Crippen LogP contribution >= 0.6 is 23.1 Å². The second-order valence-electron chi connectivity index (χ2n) is 5.13. The van der Waals surface area contributed by atoms with Gasteiger partial charge in [-0.1, -0.05) is 11.8 Å². The van der Waals surface area contributed by atoms with Gasteiger partial charge in [0.05, 0.1) is 6.61 Å². The second kappa shape index (κ2) is 5.00. The molecule has 3 heterocycles. The Labute approximate surface area is 124 Å². The number of cyclic esters (lactones) is 1. The molecule has 104 valence electrons. The molecule has 0 bridgehead atoms. The molecule has 6 heteroatoms. The van der Waals surface area contributed by atoms with Gasteiger partial charge in [-0.05, 0) is 31.2 Å². The zero-order valence-electron chi connectivity index (χ0n) is 10.9. The van der Waals surface area contributed by atoms with Gasteiger partial charge in [0.2, 0.25) is 0 Å². The van der Waals surface area contributed by atoms with Crippen molar-refractivity contribution in [1.82, 2.24) is 9.97 Å². The third-order valence-corrected chi connectivity index (χ3v) is 6.30. The van der Waals surface area contributed by atoms with Crippen molar-refractivity contribution in [3.8, 4) is 0 Å². The van der Waals surface area contributed by atoms with Crippen molar-refractivity contribution in [3.05, 3.63) is 16.8 Å². The Kier molecular flexibility index (Phi) is 3.15. The average molecular weight is 306 g/mol. The van der Waals surface area contributed by atoms with Crippen LogP contribution in [0.4, 0.5) is 0 Å². The van der Waals surface area contributed by atoms with Crippen LogP contribution < -0.4 is 0 Å². The number of fused-ring (bicyclic) bond motifs is 3. The molecule has 1 atom stereocenters. The smallest absolute Gasteiger partial charge is 0.319 e. The Morgan fingerprint density at radius 2 is 2.20 bits per heavy atom. The number of rotatable bonds is 2. The van der Waals surface area contributed by atoms with Gasteiger partial charge in [-0.15, -0.1) is 11.3 Å². The van der Waals surface area contributed by atoms with E-state index in [0.29, 0.717) is 6.61 Å². The number of thioether (sulfide) groups is 1. The van der Waals surface area contributed by atoms with Crippen LogP contribution in [0.15, 0.2) is 11.4 Å². The van der Waals surface area contributed by atoms with Crippen LogP contribution in [0.1, 0.15) is 29.7 Å². The topological polar surface area (TPSA) is 52.1 Å². The average Bonchev–Trinajstić information content (AvgIpc) is 3.03. The maximum Gasteiger partial charge on any atom is 0.319 e. The van der Waals surface area contributed by atoms with Gasteiger partial charge in [0.1, 0.15) is 21.4 Å². The Hall–Kier alpha value is -1.14. The van der Waals surface area contributed by atoms with Crippen molar-refractivity contribution < 1.29 is 9.53 Å². The Bertz CT molecular complexity index is 683. The number of esters is 1. The van der Waals surface area contributed by atoms with E-state index in [0.717, 1.165) is 29.1 Å². The van der Waals surface area contributed by atoms with Crippen LogP contribution in [0, 0.1) is 0 Å². The number of aromatic nitrogens is 2. The number of carbonyl (C=O) groups excluding carboxylic acids is 1. The highest BCUT2D eigenvalue weighted by Crippen LogP contribution is 2.41. The molecule has 0 N–H and O–H groups in total. The lowest BCUT2D eigenvalue weighted by Crippen LogP contribution is -2.10. The van der Waals surface area contributed by atoms with Gasteiger partial charge in [-0.3, -0.25) is 4.79 Å². The van der Waals surface area contributed by atoms with E-state index < -0.39 is 0 Å². The molecule has 1 fully saturated rings. The molecule has 20 heavy (non-hydrogen) atoms. The summed E-state index contributed by atoms with van der Waals surface area (Å²) in [4.78, 5) is 23.0. The Balaban J connectivity index is 1.78. The van der Waals surface area contributed by atoms with Crippen molar-refractivity contribution in [3.63, 3.8) is 0 Å². The molecule has 2 aromatic heterocycles. The summed E-state index contributed by atoms with van der Waals surface area (Å²) in [6, 6.07) is 0. The molecule has 4 rings (SSSR count). The molecule has 4 nitrogen and oxygen atoms in total. The van der Waals surface area contributed by atoms with Crippen LogP contribution in [0.25, 0.3) is 10.2 Å². The minimum Gasteiger partial charge on any atom is -0.465 e. The quantitative estimate of drug-likeness (QED) is 0.630. The Morgan fingerprint density at radius 1 is 1.30 bits per heavy atom. The standard InChI is InChI=1S/C14H14N2O2S2/c17-14-10(5-6-18-14)20-13-11-8-3-1-2-4-9(8)19-12(11)15-7-16-13/h7,10H,1-6H2. The van der Waals surface area contributed by atoms with Crippen molar-refractivity contribution in [2.75, 3.05) is 6.61 Å². The summed E-state index contributed by atoms with van der Waals surface area (Å²) in [5.41, 5.74) is 1.42. The fourth-order valence-corrected chi connectivity index (χ4v) is 5.26. The third kappa shape index (κ3) is 2.02. The highest BCUT2D eigenvalue weighted by Gasteiger charge is 2.30. The first kappa shape index (κ1) is 12.6. The first-order valence-electron chi connectivity index (χ1n) is 6.91. The molecule has 0 saturated carbocycles. The second-order valence-corrected chi connectivity index (χ2v) is 7.41. The summed E-state index contributed by atoms with van der Waals surface area (Å²) in [6.45, 7) is 0.534. The molecule has 2 aliphatic rings. The highest BCUT2D eigenvalue weighted by molar-refractivity contribution is 8.00. The maximum atomic E-state index is 11.7. The SMILES string of the molecule is O=C1OCCC1Sc1ncnc2sc3c(c12)CCCC3. The molecule has 0 radical (unpaired) electrons. The van der Waals surface area contributed by atoms with Crippen LogP contribution in [-0.4, -0.2) is 27.8 Å². The number of nitrogens with zero attached hydrogens (tertiary/aromatic N) is 2. The van der Waals surface area contributed by atoms with Crippen molar-refractivity contribution >= 4 is 39.3 Å². The van der Waals surface area contributed by atoms with Gasteiger partial charge < -0.3 is 4.74 Å². The highest BCUT2D eigenvalue weighted by atomic mass is 32.2. The summed E-state index contributed by atoms with van der Waals surface area (Å²) in [7, 11) is 0. The van der Waals surface area contributed by atoms with E-state index in [9.17, 15) is 4.79 Å². The van der Waals surface area contributed by atoms with Crippen LogP contribution in [0.3, 0.4) is 0 Å². The van der Waals surface area contributed by atoms with Gasteiger partial charge in [0.15, 0.2) is 0 Å². The molecular weight excluding hydrogens is 292 g/mol. The van der Waals surface area contributed by atoms with Gasteiger partial charge in [0.25, 0.3) is 0 Å². The molecule has 1 unspecified atom stereocenters. The number of carbonyl (C=O) groups is 1. The normalized spacial score (nSPS) is 22.0. The van der Waals surface area contributed by atoms with Crippen LogP contribution in [-0.2, 0) is 22.4 Å². The minimum atomic E-state index is -0.106. The predicted molar refractivity (Wildman–Crippen MR) is 79.3 cm³/mol. The molecule has 1 aliphatic carbocycles. The summed E-state index contributed by atoms with van der Waals surface area (Å²) in [6.07, 6.45) is 7.18. The van der Waals surface area contributed by atoms with Crippen LogP contribution in [0.2, 0.25) is 0 Å². The lowest BCUT2D eigenvalue weighted by Gasteiger charge is -2.12. The van der Waals surface area contributed by atoms with E-state index in [4.69, 9.17) is 4.74 Å². The van der Waals surface area contributed by atoms with E-state index in [1.165, 1.54) is 28.7 Å². The van der Waals surface area contributed by atoms with Crippen molar-refractivity contribution in [2.24, 2.45) is 0 Å². The van der Waals surface area contributed by atoms with E-state index >= 15 is 0 Å². The first-order valence-corrected chi connectivity index (χ1v) is 8.61. The summed E-state index contributed by atoms with van der Waals surface area (Å²) in [5.74, 6) is -0.106. The monoisotopic (exact) mass is 306 g/mol. The molecule has 1 aliphatic heterocycles. The molecule has 1 saturated heterocycles.